The first-order valence-corrected chi connectivity index (χ1v) is 7.97. The minimum atomic E-state index is -0.705. The second-order valence-electron chi connectivity index (χ2n) is 5.31. The van der Waals surface area contributed by atoms with E-state index < -0.39 is 5.54 Å². The molecule has 1 aromatic carbocycles. The van der Waals surface area contributed by atoms with Crippen molar-refractivity contribution in [3.63, 3.8) is 0 Å². The van der Waals surface area contributed by atoms with E-state index in [0.29, 0.717) is 5.75 Å². The molecule has 1 atom stereocenters. The largest absolute Gasteiger partial charge is 0.468 e. The van der Waals surface area contributed by atoms with Crippen LogP contribution in [0.2, 0.25) is 0 Å². The number of thioether (sulfide) groups is 1. The first-order valence-electron chi connectivity index (χ1n) is 6.99. The van der Waals surface area contributed by atoms with Crippen molar-refractivity contribution in [1.82, 2.24) is 5.32 Å². The molecule has 0 fully saturated rings. The lowest BCUT2D eigenvalue weighted by Gasteiger charge is -2.30. The molecule has 4 heteroatoms. The minimum Gasteiger partial charge on any atom is -0.468 e. The third-order valence-corrected chi connectivity index (χ3v) is 4.56. The van der Waals surface area contributed by atoms with Gasteiger partial charge in [-0.2, -0.15) is 5.26 Å². The molecule has 1 N–H and O–H groups in total. The number of nitrogens with zero attached hydrogens (tertiary/aromatic N) is 1. The summed E-state index contributed by atoms with van der Waals surface area (Å²) in [6.45, 7) is 6.06. The van der Waals surface area contributed by atoms with Gasteiger partial charge in [-0.25, -0.2) is 0 Å². The number of aryl methyl sites for hydroxylation is 1. The van der Waals surface area contributed by atoms with Gasteiger partial charge in [-0.1, -0.05) is 30.3 Å². The molecule has 21 heavy (non-hydrogen) atoms. The van der Waals surface area contributed by atoms with Gasteiger partial charge in [0.2, 0.25) is 0 Å². The fraction of sp³-hybridized carbons (Fsp3) is 0.353. The standard InChI is InChI=1S/C17H20N2OS/c1-13(2)19-17(11-18,15-7-5-4-6-8-15)12-21-16-9-10-20-14(16)3/h4-10,13,19H,12H2,1-3H3. The summed E-state index contributed by atoms with van der Waals surface area (Å²) in [5.74, 6) is 1.52. The van der Waals surface area contributed by atoms with Gasteiger partial charge in [0, 0.05) is 16.7 Å². The molecule has 2 rings (SSSR count). The number of furan rings is 1. The molecule has 0 radical (unpaired) electrons. The number of nitriles is 1. The van der Waals surface area contributed by atoms with Gasteiger partial charge in [0.15, 0.2) is 0 Å². The molecule has 0 saturated carbocycles. The molecule has 2 aromatic rings. The van der Waals surface area contributed by atoms with Crippen LogP contribution in [0.5, 0.6) is 0 Å². The molecule has 0 spiro atoms. The van der Waals surface area contributed by atoms with Crippen molar-refractivity contribution in [2.45, 2.75) is 37.2 Å². The molecular weight excluding hydrogens is 280 g/mol. The van der Waals surface area contributed by atoms with Gasteiger partial charge in [-0.3, -0.25) is 5.32 Å². The molecular formula is C17H20N2OS. The molecule has 0 aliphatic heterocycles. The van der Waals surface area contributed by atoms with E-state index in [-0.39, 0.29) is 6.04 Å². The van der Waals surface area contributed by atoms with Crippen LogP contribution in [0, 0.1) is 18.3 Å². The number of benzene rings is 1. The normalized spacial score (nSPS) is 13.9. The molecule has 0 aliphatic rings. The number of nitrogens with one attached hydrogen (secondary N) is 1. The highest BCUT2D eigenvalue weighted by Crippen LogP contribution is 2.32. The molecule has 1 aromatic heterocycles. The smallest absolute Gasteiger partial charge is 0.141 e. The van der Waals surface area contributed by atoms with Crippen LogP contribution in [-0.2, 0) is 5.54 Å². The van der Waals surface area contributed by atoms with E-state index in [1.165, 1.54) is 0 Å². The predicted octanol–water partition coefficient (Wildman–Crippen LogP) is 4.10. The van der Waals surface area contributed by atoms with Gasteiger partial charge in [0.1, 0.15) is 11.3 Å². The van der Waals surface area contributed by atoms with Gasteiger partial charge < -0.3 is 4.42 Å². The first kappa shape index (κ1) is 15.7. The van der Waals surface area contributed by atoms with Crippen molar-refractivity contribution in [3.05, 3.63) is 54.0 Å². The lowest BCUT2D eigenvalue weighted by atomic mass is 9.92. The summed E-state index contributed by atoms with van der Waals surface area (Å²) in [5.41, 5.74) is 0.291. The van der Waals surface area contributed by atoms with Crippen molar-refractivity contribution in [2.75, 3.05) is 5.75 Å². The van der Waals surface area contributed by atoms with E-state index in [1.54, 1.807) is 18.0 Å². The van der Waals surface area contributed by atoms with Crippen molar-refractivity contribution in [1.29, 1.82) is 5.26 Å². The van der Waals surface area contributed by atoms with E-state index in [2.05, 4.69) is 25.2 Å². The summed E-state index contributed by atoms with van der Waals surface area (Å²) >= 11 is 1.64. The summed E-state index contributed by atoms with van der Waals surface area (Å²) in [7, 11) is 0. The Hall–Kier alpha value is -1.70. The van der Waals surface area contributed by atoms with Crippen LogP contribution in [0.1, 0.15) is 25.2 Å². The maximum absolute atomic E-state index is 9.83. The molecule has 0 aliphatic carbocycles. The Labute approximate surface area is 130 Å². The predicted molar refractivity (Wildman–Crippen MR) is 86.2 cm³/mol. The van der Waals surface area contributed by atoms with E-state index in [0.717, 1.165) is 16.2 Å². The summed E-state index contributed by atoms with van der Waals surface area (Å²) in [4.78, 5) is 1.08. The van der Waals surface area contributed by atoms with Crippen LogP contribution in [0.25, 0.3) is 0 Å². The SMILES string of the molecule is Cc1occc1SCC(C#N)(NC(C)C)c1ccccc1. The lowest BCUT2D eigenvalue weighted by molar-refractivity contribution is 0.425. The highest BCUT2D eigenvalue weighted by molar-refractivity contribution is 7.99. The van der Waals surface area contributed by atoms with Crippen LogP contribution in [0.15, 0.2) is 52.0 Å². The Kier molecular flexibility index (Phi) is 5.11. The molecule has 0 saturated heterocycles. The van der Waals surface area contributed by atoms with Gasteiger partial charge >= 0.3 is 0 Å². The Morgan fingerprint density at radius 3 is 2.52 bits per heavy atom. The van der Waals surface area contributed by atoms with E-state index in [9.17, 15) is 5.26 Å². The van der Waals surface area contributed by atoms with Gasteiger partial charge in [-0.15, -0.1) is 11.8 Å². The number of hydrogen-bond acceptors (Lipinski definition) is 4. The van der Waals surface area contributed by atoms with Crippen molar-refractivity contribution in [2.24, 2.45) is 0 Å². The molecule has 0 amide bonds. The van der Waals surface area contributed by atoms with Gasteiger partial charge in [0.25, 0.3) is 0 Å². The Morgan fingerprint density at radius 2 is 2.00 bits per heavy atom. The Bertz CT molecular complexity index is 615. The second kappa shape index (κ2) is 6.84. The fourth-order valence-electron chi connectivity index (χ4n) is 2.26. The Balaban J connectivity index is 2.28. The van der Waals surface area contributed by atoms with Crippen molar-refractivity contribution < 1.29 is 4.42 Å². The summed E-state index contributed by atoms with van der Waals surface area (Å²) < 4.78 is 5.33. The average molecular weight is 300 g/mol. The van der Waals surface area contributed by atoms with Crippen LogP contribution in [0.3, 0.4) is 0 Å². The summed E-state index contributed by atoms with van der Waals surface area (Å²) in [5, 5.41) is 13.3. The van der Waals surface area contributed by atoms with Crippen LogP contribution < -0.4 is 5.32 Å². The third-order valence-electron chi connectivity index (χ3n) is 3.25. The van der Waals surface area contributed by atoms with Crippen LogP contribution in [0.4, 0.5) is 0 Å². The molecule has 0 bridgehead atoms. The number of rotatable bonds is 6. The molecule has 110 valence electrons. The average Bonchev–Trinajstić information content (AvgIpc) is 2.89. The zero-order valence-corrected chi connectivity index (χ0v) is 13.4. The lowest BCUT2D eigenvalue weighted by Crippen LogP contribution is -2.47. The Morgan fingerprint density at radius 1 is 1.29 bits per heavy atom. The highest BCUT2D eigenvalue weighted by atomic mass is 32.2. The monoisotopic (exact) mass is 300 g/mol. The molecule has 1 unspecified atom stereocenters. The first-order chi connectivity index (χ1) is 10.1. The maximum atomic E-state index is 9.83. The zero-order chi connectivity index (χ0) is 15.3. The van der Waals surface area contributed by atoms with Gasteiger partial charge in [-0.05, 0) is 32.4 Å². The molecule has 3 nitrogen and oxygen atoms in total. The van der Waals surface area contributed by atoms with Crippen molar-refractivity contribution in [3.8, 4) is 6.07 Å². The van der Waals surface area contributed by atoms with E-state index in [4.69, 9.17) is 4.42 Å². The summed E-state index contributed by atoms with van der Waals surface area (Å²) in [6.07, 6.45) is 1.68. The molecule has 1 heterocycles. The third kappa shape index (κ3) is 3.69. The van der Waals surface area contributed by atoms with Crippen LogP contribution >= 0.6 is 11.8 Å². The minimum absolute atomic E-state index is 0.218. The quantitative estimate of drug-likeness (QED) is 0.816. The second-order valence-corrected chi connectivity index (χ2v) is 6.33. The topological polar surface area (TPSA) is 49.0 Å². The van der Waals surface area contributed by atoms with Crippen LogP contribution in [-0.4, -0.2) is 11.8 Å². The van der Waals surface area contributed by atoms with E-state index in [1.807, 2.05) is 43.3 Å². The number of hydrogen-bond donors (Lipinski definition) is 1. The van der Waals surface area contributed by atoms with E-state index >= 15 is 0 Å². The van der Waals surface area contributed by atoms with Crippen molar-refractivity contribution >= 4 is 11.8 Å². The summed E-state index contributed by atoms with van der Waals surface area (Å²) in [6, 6.07) is 14.6. The fourth-order valence-corrected chi connectivity index (χ4v) is 3.35. The zero-order valence-electron chi connectivity index (χ0n) is 12.6. The highest BCUT2D eigenvalue weighted by Gasteiger charge is 2.33. The maximum Gasteiger partial charge on any atom is 0.141 e. The van der Waals surface area contributed by atoms with Gasteiger partial charge in [0.05, 0.1) is 12.3 Å².